The molecule has 0 aliphatic heterocycles. The molecule has 21 heavy (non-hydrogen) atoms. The van der Waals surface area contributed by atoms with E-state index in [0.717, 1.165) is 11.4 Å². The highest BCUT2D eigenvalue weighted by atomic mass is 19.4. The van der Waals surface area contributed by atoms with Crippen molar-refractivity contribution in [2.45, 2.75) is 31.5 Å². The smallest absolute Gasteiger partial charge is 0.312 e. The summed E-state index contributed by atoms with van der Waals surface area (Å²) in [6.45, 7) is 0. The standard InChI is InChI=1S/C15H18F3N3/c1-19-13(8-5-10-15(16,17)18)14-9-11-21(20-14)12-6-3-2-4-7-12/h2-4,6-7,9,11,13,19H,5,8,10H2,1H3. The SMILES string of the molecule is CNC(CCCC(F)(F)F)c1ccn(-c2ccccc2)n1. The van der Waals surface area contributed by atoms with Crippen molar-refractivity contribution in [3.63, 3.8) is 0 Å². The summed E-state index contributed by atoms with van der Waals surface area (Å²) in [6, 6.07) is 11.3. The van der Waals surface area contributed by atoms with Gasteiger partial charge < -0.3 is 5.32 Å². The van der Waals surface area contributed by atoms with E-state index in [9.17, 15) is 13.2 Å². The van der Waals surface area contributed by atoms with Crippen LogP contribution in [0.5, 0.6) is 0 Å². The third-order valence-corrected chi connectivity index (χ3v) is 3.29. The maximum atomic E-state index is 12.2. The van der Waals surface area contributed by atoms with E-state index >= 15 is 0 Å². The van der Waals surface area contributed by atoms with E-state index in [1.165, 1.54) is 0 Å². The Bertz CT molecular complexity index is 549. The maximum Gasteiger partial charge on any atom is 0.389 e. The van der Waals surface area contributed by atoms with Crippen LogP contribution in [0.2, 0.25) is 0 Å². The molecule has 1 N–H and O–H groups in total. The quantitative estimate of drug-likeness (QED) is 0.877. The summed E-state index contributed by atoms with van der Waals surface area (Å²) in [7, 11) is 1.74. The van der Waals surface area contributed by atoms with Crippen LogP contribution in [0.1, 0.15) is 31.0 Å². The molecule has 1 heterocycles. The number of hydrogen-bond acceptors (Lipinski definition) is 2. The molecule has 0 aliphatic carbocycles. The van der Waals surface area contributed by atoms with Crippen molar-refractivity contribution in [2.24, 2.45) is 0 Å². The molecule has 6 heteroatoms. The lowest BCUT2D eigenvalue weighted by atomic mass is 10.1. The van der Waals surface area contributed by atoms with E-state index in [0.29, 0.717) is 6.42 Å². The largest absolute Gasteiger partial charge is 0.389 e. The average molecular weight is 297 g/mol. The lowest BCUT2D eigenvalue weighted by molar-refractivity contribution is -0.135. The maximum absolute atomic E-state index is 12.2. The monoisotopic (exact) mass is 297 g/mol. The van der Waals surface area contributed by atoms with Gasteiger partial charge in [0.25, 0.3) is 0 Å². The van der Waals surface area contributed by atoms with Gasteiger partial charge >= 0.3 is 6.18 Å². The first kappa shape index (κ1) is 15.6. The number of benzene rings is 1. The van der Waals surface area contributed by atoms with Gasteiger partial charge in [-0.05, 0) is 38.1 Å². The molecule has 1 atom stereocenters. The summed E-state index contributed by atoms with van der Waals surface area (Å²) in [6.07, 6.45) is -2.54. The Labute approximate surface area is 121 Å². The lowest BCUT2D eigenvalue weighted by Crippen LogP contribution is -2.18. The van der Waals surface area contributed by atoms with Crippen LogP contribution in [0.4, 0.5) is 13.2 Å². The molecular weight excluding hydrogens is 279 g/mol. The van der Waals surface area contributed by atoms with Crippen molar-refractivity contribution in [3.8, 4) is 5.69 Å². The van der Waals surface area contributed by atoms with Crippen LogP contribution >= 0.6 is 0 Å². The third-order valence-electron chi connectivity index (χ3n) is 3.29. The third kappa shape index (κ3) is 4.60. The van der Waals surface area contributed by atoms with Crippen LogP contribution in [-0.4, -0.2) is 23.0 Å². The molecule has 0 amide bonds. The van der Waals surface area contributed by atoms with E-state index in [2.05, 4.69) is 10.4 Å². The van der Waals surface area contributed by atoms with Gasteiger partial charge in [-0.2, -0.15) is 18.3 Å². The average Bonchev–Trinajstić information content (AvgIpc) is 2.93. The van der Waals surface area contributed by atoms with Gasteiger partial charge in [0, 0.05) is 12.6 Å². The zero-order valence-corrected chi connectivity index (χ0v) is 11.8. The highest BCUT2D eigenvalue weighted by molar-refractivity contribution is 5.30. The van der Waals surface area contributed by atoms with Crippen molar-refractivity contribution >= 4 is 0 Å². The minimum Gasteiger partial charge on any atom is -0.312 e. The van der Waals surface area contributed by atoms with Crippen molar-refractivity contribution in [3.05, 3.63) is 48.3 Å². The molecule has 0 saturated carbocycles. The fourth-order valence-corrected chi connectivity index (χ4v) is 2.20. The fraction of sp³-hybridized carbons (Fsp3) is 0.400. The molecule has 1 aromatic carbocycles. The molecule has 0 fully saturated rings. The second kappa shape index (κ2) is 6.76. The van der Waals surface area contributed by atoms with E-state index in [1.807, 2.05) is 42.6 Å². The van der Waals surface area contributed by atoms with Crippen LogP contribution in [0.25, 0.3) is 5.69 Å². The normalized spacial score (nSPS) is 13.3. The van der Waals surface area contributed by atoms with Crippen LogP contribution < -0.4 is 5.32 Å². The Morgan fingerprint density at radius 1 is 1.19 bits per heavy atom. The first-order valence-corrected chi connectivity index (χ1v) is 6.84. The molecular formula is C15H18F3N3. The molecule has 3 nitrogen and oxygen atoms in total. The minimum absolute atomic E-state index is 0.0905. The van der Waals surface area contributed by atoms with Gasteiger partial charge in [-0.15, -0.1) is 0 Å². The molecule has 0 aliphatic rings. The lowest BCUT2D eigenvalue weighted by Gasteiger charge is -2.14. The molecule has 114 valence electrons. The predicted molar refractivity (Wildman–Crippen MR) is 75.3 cm³/mol. The molecule has 0 radical (unpaired) electrons. The van der Waals surface area contributed by atoms with Gasteiger partial charge in [0.1, 0.15) is 0 Å². The van der Waals surface area contributed by atoms with Crippen LogP contribution in [-0.2, 0) is 0 Å². The topological polar surface area (TPSA) is 29.9 Å². The molecule has 1 aromatic heterocycles. The summed E-state index contributed by atoms with van der Waals surface area (Å²) in [4.78, 5) is 0. The molecule has 2 aromatic rings. The number of halogens is 3. The van der Waals surface area contributed by atoms with Crippen molar-refractivity contribution in [2.75, 3.05) is 7.05 Å². The fourth-order valence-electron chi connectivity index (χ4n) is 2.20. The first-order valence-electron chi connectivity index (χ1n) is 6.84. The van der Waals surface area contributed by atoms with E-state index < -0.39 is 12.6 Å². The molecule has 0 bridgehead atoms. The molecule has 1 unspecified atom stereocenters. The number of hydrogen-bond donors (Lipinski definition) is 1. The van der Waals surface area contributed by atoms with Crippen LogP contribution in [0.3, 0.4) is 0 Å². The van der Waals surface area contributed by atoms with Gasteiger partial charge in [-0.3, -0.25) is 0 Å². The minimum atomic E-state index is -4.10. The van der Waals surface area contributed by atoms with Crippen molar-refractivity contribution in [1.29, 1.82) is 0 Å². The zero-order valence-electron chi connectivity index (χ0n) is 11.8. The zero-order chi connectivity index (χ0) is 15.3. The highest BCUT2D eigenvalue weighted by Crippen LogP contribution is 2.25. The Morgan fingerprint density at radius 3 is 2.52 bits per heavy atom. The van der Waals surface area contributed by atoms with Crippen LogP contribution in [0.15, 0.2) is 42.6 Å². The summed E-state index contributed by atoms with van der Waals surface area (Å²) >= 11 is 0. The van der Waals surface area contributed by atoms with E-state index in [1.54, 1.807) is 11.7 Å². The molecule has 2 rings (SSSR count). The first-order chi connectivity index (χ1) is 9.99. The van der Waals surface area contributed by atoms with Gasteiger partial charge in [-0.1, -0.05) is 18.2 Å². The summed E-state index contributed by atoms with van der Waals surface area (Å²) in [5.74, 6) is 0. The Morgan fingerprint density at radius 2 is 1.90 bits per heavy atom. The number of para-hydroxylation sites is 1. The molecule has 0 spiro atoms. The molecule has 0 saturated heterocycles. The Hall–Kier alpha value is -1.82. The summed E-state index contributed by atoms with van der Waals surface area (Å²) in [5.41, 5.74) is 1.68. The second-order valence-electron chi connectivity index (χ2n) is 4.87. The summed E-state index contributed by atoms with van der Waals surface area (Å²) < 4.78 is 38.3. The highest BCUT2D eigenvalue weighted by Gasteiger charge is 2.27. The number of rotatable bonds is 6. The second-order valence-corrected chi connectivity index (χ2v) is 4.87. The van der Waals surface area contributed by atoms with Gasteiger partial charge in [-0.25, -0.2) is 4.68 Å². The number of alkyl halides is 3. The predicted octanol–water partition coefficient (Wildman–Crippen LogP) is 3.87. The van der Waals surface area contributed by atoms with Gasteiger partial charge in [0.2, 0.25) is 0 Å². The van der Waals surface area contributed by atoms with Crippen molar-refractivity contribution < 1.29 is 13.2 Å². The van der Waals surface area contributed by atoms with E-state index in [4.69, 9.17) is 0 Å². The number of nitrogens with one attached hydrogen (secondary N) is 1. The number of nitrogens with zero attached hydrogens (tertiary/aromatic N) is 2. The Balaban J connectivity index is 2.01. The van der Waals surface area contributed by atoms with Gasteiger partial charge in [0.15, 0.2) is 0 Å². The van der Waals surface area contributed by atoms with Gasteiger partial charge in [0.05, 0.1) is 17.4 Å². The Kier molecular flexibility index (Phi) is 5.01. The van der Waals surface area contributed by atoms with Crippen LogP contribution in [0, 0.1) is 0 Å². The number of aromatic nitrogens is 2. The summed E-state index contributed by atoms with van der Waals surface area (Å²) in [5, 5.41) is 7.47. The van der Waals surface area contributed by atoms with E-state index in [-0.39, 0.29) is 12.5 Å². The van der Waals surface area contributed by atoms with Crippen molar-refractivity contribution in [1.82, 2.24) is 15.1 Å².